The number of halogens is 1. The maximum Gasteiger partial charge on any atom is 0.153 e. The Labute approximate surface area is 87.5 Å². The van der Waals surface area contributed by atoms with Crippen molar-refractivity contribution in [1.29, 1.82) is 0 Å². The highest BCUT2D eigenvalue weighted by Crippen LogP contribution is 2.15. The lowest BCUT2D eigenvalue weighted by molar-refractivity contribution is 0.112. The van der Waals surface area contributed by atoms with Crippen LogP contribution in [0.15, 0.2) is 18.2 Å². The van der Waals surface area contributed by atoms with Crippen LogP contribution in [0.4, 0.5) is 0 Å². The maximum atomic E-state index is 10.4. The molecule has 0 bridgehead atoms. The number of hydrogen-bond donors (Lipinski definition) is 1. The fourth-order valence-corrected chi connectivity index (χ4v) is 1.03. The van der Waals surface area contributed by atoms with E-state index in [1.165, 1.54) is 12.1 Å². The van der Waals surface area contributed by atoms with Gasteiger partial charge in [-0.05, 0) is 18.2 Å². The number of rotatable bonds is 2. The van der Waals surface area contributed by atoms with Crippen molar-refractivity contribution in [1.82, 2.24) is 0 Å². The minimum Gasteiger partial charge on any atom is -0.507 e. The highest BCUT2D eigenvalue weighted by molar-refractivity contribution is 6.18. The average Bonchev–Trinajstić information content (AvgIpc) is 2.18. The van der Waals surface area contributed by atoms with Crippen LogP contribution >= 0.6 is 11.6 Å². The zero-order valence-electron chi connectivity index (χ0n) is 7.46. The number of benzene rings is 1. The molecule has 1 rings (SSSR count). The Morgan fingerprint density at radius 1 is 1.50 bits per heavy atom. The summed E-state index contributed by atoms with van der Waals surface area (Å²) in [5.74, 6) is 6.11. The van der Waals surface area contributed by atoms with Crippen molar-refractivity contribution in [2.45, 2.75) is 6.42 Å². The Kier molecular flexibility index (Phi) is 4.03. The normalized spacial score (nSPS) is 8.93. The third-order valence-electron chi connectivity index (χ3n) is 1.61. The van der Waals surface area contributed by atoms with Crippen LogP contribution in [0.25, 0.3) is 0 Å². The average molecular weight is 209 g/mol. The predicted molar refractivity (Wildman–Crippen MR) is 55.7 cm³/mol. The molecule has 1 aromatic carbocycles. The van der Waals surface area contributed by atoms with E-state index < -0.39 is 0 Å². The number of carbonyl (C=O) groups excluding carboxylic acids is 1. The van der Waals surface area contributed by atoms with Crippen molar-refractivity contribution in [2.24, 2.45) is 0 Å². The molecule has 1 N–H and O–H groups in total. The van der Waals surface area contributed by atoms with Gasteiger partial charge in [0, 0.05) is 17.9 Å². The molecule has 0 aliphatic heterocycles. The highest BCUT2D eigenvalue weighted by atomic mass is 35.5. The van der Waals surface area contributed by atoms with Crippen LogP contribution in [0.2, 0.25) is 0 Å². The number of alkyl halides is 1. The molecule has 0 aliphatic rings. The van der Waals surface area contributed by atoms with E-state index >= 15 is 0 Å². The summed E-state index contributed by atoms with van der Waals surface area (Å²) in [5.41, 5.74) is 0.950. The Morgan fingerprint density at radius 3 is 2.86 bits per heavy atom. The zero-order chi connectivity index (χ0) is 10.4. The Balaban J connectivity index is 2.88. The van der Waals surface area contributed by atoms with Crippen molar-refractivity contribution >= 4 is 17.9 Å². The number of aldehydes is 1. The standard InChI is InChI=1S/C11H9ClO2/c12-6-2-1-3-9-4-5-10(8-13)11(14)7-9/h4-5,7-8,14H,2,6H2. The number of aromatic hydroxyl groups is 1. The molecule has 0 atom stereocenters. The topological polar surface area (TPSA) is 37.3 Å². The van der Waals surface area contributed by atoms with Crippen molar-refractivity contribution in [2.75, 3.05) is 5.88 Å². The van der Waals surface area contributed by atoms with Gasteiger partial charge in [0.05, 0.1) is 5.56 Å². The molecule has 0 amide bonds. The van der Waals surface area contributed by atoms with Crippen molar-refractivity contribution in [3.63, 3.8) is 0 Å². The van der Waals surface area contributed by atoms with Crippen LogP contribution in [-0.4, -0.2) is 17.3 Å². The maximum absolute atomic E-state index is 10.4. The lowest BCUT2D eigenvalue weighted by Gasteiger charge is -1.96. The SMILES string of the molecule is O=Cc1ccc(C#CCCCl)cc1O. The largest absolute Gasteiger partial charge is 0.507 e. The second kappa shape index (κ2) is 5.31. The Bertz CT molecular complexity index is 388. The monoisotopic (exact) mass is 208 g/mol. The first-order valence-electron chi connectivity index (χ1n) is 4.11. The fraction of sp³-hybridized carbons (Fsp3) is 0.182. The lowest BCUT2D eigenvalue weighted by Crippen LogP contribution is -1.82. The molecule has 0 saturated heterocycles. The number of phenolic OH excluding ortho intramolecular Hbond substituents is 1. The first kappa shape index (κ1) is 10.6. The van der Waals surface area contributed by atoms with Gasteiger partial charge < -0.3 is 5.11 Å². The molecule has 0 heterocycles. The quantitative estimate of drug-likeness (QED) is 0.460. The molecule has 0 aliphatic carbocycles. The molecule has 72 valence electrons. The van der Waals surface area contributed by atoms with Gasteiger partial charge in [0.15, 0.2) is 6.29 Å². The van der Waals surface area contributed by atoms with Gasteiger partial charge in [-0.25, -0.2) is 0 Å². The molecule has 0 aromatic heterocycles. The summed E-state index contributed by atoms with van der Waals surface area (Å²) in [6.07, 6.45) is 1.21. The van der Waals surface area contributed by atoms with E-state index in [-0.39, 0.29) is 11.3 Å². The molecular formula is C11H9ClO2. The Hall–Kier alpha value is -1.46. The van der Waals surface area contributed by atoms with E-state index in [2.05, 4.69) is 11.8 Å². The third kappa shape index (κ3) is 2.79. The van der Waals surface area contributed by atoms with Gasteiger partial charge in [0.25, 0.3) is 0 Å². The lowest BCUT2D eigenvalue weighted by atomic mass is 10.1. The molecule has 0 saturated carbocycles. The highest BCUT2D eigenvalue weighted by Gasteiger charge is 1.98. The molecule has 3 heteroatoms. The van der Waals surface area contributed by atoms with Gasteiger partial charge >= 0.3 is 0 Å². The molecule has 1 aromatic rings. The van der Waals surface area contributed by atoms with E-state index in [9.17, 15) is 9.90 Å². The van der Waals surface area contributed by atoms with E-state index in [1.54, 1.807) is 6.07 Å². The second-order valence-corrected chi connectivity index (χ2v) is 3.01. The molecule has 2 nitrogen and oxygen atoms in total. The summed E-state index contributed by atoms with van der Waals surface area (Å²) in [4.78, 5) is 10.4. The fourth-order valence-electron chi connectivity index (χ4n) is 0.933. The summed E-state index contributed by atoms with van der Waals surface area (Å²) >= 11 is 5.45. The first-order valence-corrected chi connectivity index (χ1v) is 4.64. The van der Waals surface area contributed by atoms with Crippen LogP contribution in [-0.2, 0) is 0 Å². The van der Waals surface area contributed by atoms with Crippen molar-refractivity contribution in [3.8, 4) is 17.6 Å². The molecule has 0 unspecified atom stereocenters. The molecule has 0 spiro atoms. The van der Waals surface area contributed by atoms with E-state index in [1.807, 2.05) is 0 Å². The molecule has 14 heavy (non-hydrogen) atoms. The van der Waals surface area contributed by atoms with Gasteiger partial charge in [-0.2, -0.15) is 0 Å². The second-order valence-electron chi connectivity index (χ2n) is 2.63. The van der Waals surface area contributed by atoms with Crippen LogP contribution in [0.3, 0.4) is 0 Å². The van der Waals surface area contributed by atoms with Gasteiger partial charge in [-0.15, -0.1) is 11.6 Å². The van der Waals surface area contributed by atoms with Gasteiger partial charge in [-0.3, -0.25) is 4.79 Å². The summed E-state index contributed by atoms with van der Waals surface area (Å²) in [6.45, 7) is 0. The third-order valence-corrected chi connectivity index (χ3v) is 1.80. The molecular weight excluding hydrogens is 200 g/mol. The number of hydrogen-bond acceptors (Lipinski definition) is 2. The summed E-state index contributed by atoms with van der Waals surface area (Å²) in [5, 5.41) is 9.32. The zero-order valence-corrected chi connectivity index (χ0v) is 8.21. The summed E-state index contributed by atoms with van der Waals surface area (Å²) in [7, 11) is 0. The van der Waals surface area contributed by atoms with E-state index in [4.69, 9.17) is 11.6 Å². The first-order chi connectivity index (χ1) is 6.77. The van der Waals surface area contributed by atoms with Crippen molar-refractivity contribution < 1.29 is 9.90 Å². The predicted octanol–water partition coefficient (Wildman–Crippen LogP) is 2.19. The van der Waals surface area contributed by atoms with Gasteiger partial charge in [0.1, 0.15) is 5.75 Å². The van der Waals surface area contributed by atoms with E-state index in [0.29, 0.717) is 24.2 Å². The van der Waals surface area contributed by atoms with Crippen LogP contribution < -0.4 is 0 Å². The van der Waals surface area contributed by atoms with Crippen LogP contribution in [0, 0.1) is 11.8 Å². The van der Waals surface area contributed by atoms with Crippen molar-refractivity contribution in [3.05, 3.63) is 29.3 Å². The van der Waals surface area contributed by atoms with Gasteiger partial charge in [-0.1, -0.05) is 11.8 Å². The number of phenols is 1. The van der Waals surface area contributed by atoms with E-state index in [0.717, 1.165) is 0 Å². The molecule has 0 radical (unpaired) electrons. The molecule has 0 fully saturated rings. The number of carbonyl (C=O) groups is 1. The Morgan fingerprint density at radius 2 is 2.29 bits per heavy atom. The minimum absolute atomic E-state index is 0.0438. The van der Waals surface area contributed by atoms with Crippen LogP contribution in [0.1, 0.15) is 22.3 Å². The summed E-state index contributed by atoms with van der Waals surface area (Å²) in [6, 6.07) is 4.68. The minimum atomic E-state index is -0.0438. The summed E-state index contributed by atoms with van der Waals surface area (Å²) < 4.78 is 0. The van der Waals surface area contributed by atoms with Crippen LogP contribution in [0.5, 0.6) is 5.75 Å². The van der Waals surface area contributed by atoms with Gasteiger partial charge in [0.2, 0.25) is 0 Å². The smallest absolute Gasteiger partial charge is 0.153 e.